The molecule has 1 amide bonds. The molecule has 0 radical (unpaired) electrons. The van der Waals surface area contributed by atoms with Crippen LogP contribution in [0.5, 0.6) is 17.2 Å². The summed E-state index contributed by atoms with van der Waals surface area (Å²) in [4.78, 5) is 23.1. The van der Waals surface area contributed by atoms with Crippen LogP contribution in [0.25, 0.3) is 22.2 Å². The van der Waals surface area contributed by atoms with Gasteiger partial charge in [0.25, 0.3) is 5.91 Å². The first-order valence-corrected chi connectivity index (χ1v) is 10.7. The monoisotopic (exact) mass is 449 g/mol. The number of aromatic amines is 1. The quantitative estimate of drug-likeness (QED) is 0.377. The SMILES string of the molecule is C=CCN(C(=O)c1cc(OC)c(OC)c(OC)c1)c1nc(-c2c[nH]c3ccccc23)cs1. The van der Waals surface area contributed by atoms with Crippen LogP contribution in [0.4, 0.5) is 5.13 Å². The molecule has 2 aromatic carbocycles. The van der Waals surface area contributed by atoms with E-state index in [1.807, 2.05) is 35.8 Å². The van der Waals surface area contributed by atoms with Gasteiger partial charge in [-0.25, -0.2) is 4.98 Å². The van der Waals surface area contributed by atoms with Gasteiger partial charge in [-0.15, -0.1) is 17.9 Å². The van der Waals surface area contributed by atoms with E-state index in [0.29, 0.717) is 34.5 Å². The molecule has 1 N–H and O–H groups in total. The van der Waals surface area contributed by atoms with Crippen molar-refractivity contribution in [3.8, 4) is 28.5 Å². The Morgan fingerprint density at radius 2 is 1.88 bits per heavy atom. The number of hydrogen-bond acceptors (Lipinski definition) is 6. The number of H-pyrrole nitrogens is 1. The Morgan fingerprint density at radius 3 is 2.53 bits per heavy atom. The zero-order valence-electron chi connectivity index (χ0n) is 18.0. The average Bonchev–Trinajstić information content (AvgIpc) is 3.48. The number of carbonyl (C=O) groups is 1. The van der Waals surface area contributed by atoms with E-state index in [1.165, 1.54) is 32.7 Å². The maximum atomic E-state index is 13.5. The van der Waals surface area contributed by atoms with E-state index >= 15 is 0 Å². The highest BCUT2D eigenvalue weighted by Crippen LogP contribution is 2.39. The lowest BCUT2D eigenvalue weighted by atomic mass is 10.1. The Balaban J connectivity index is 1.72. The third-order valence-corrected chi connectivity index (χ3v) is 5.92. The number of ether oxygens (including phenoxy) is 3. The fourth-order valence-corrected chi connectivity index (χ4v) is 4.37. The van der Waals surface area contributed by atoms with Crippen LogP contribution in [0.2, 0.25) is 0 Å². The number of thiazole rings is 1. The minimum atomic E-state index is -0.246. The van der Waals surface area contributed by atoms with Crippen LogP contribution in [0, 0.1) is 0 Å². The number of nitrogens with one attached hydrogen (secondary N) is 1. The second-order valence-corrected chi connectivity index (χ2v) is 7.72. The van der Waals surface area contributed by atoms with E-state index in [4.69, 9.17) is 19.2 Å². The van der Waals surface area contributed by atoms with E-state index in [9.17, 15) is 4.79 Å². The summed E-state index contributed by atoms with van der Waals surface area (Å²) < 4.78 is 16.2. The molecular weight excluding hydrogens is 426 g/mol. The summed E-state index contributed by atoms with van der Waals surface area (Å²) in [6, 6.07) is 11.3. The van der Waals surface area contributed by atoms with E-state index in [-0.39, 0.29) is 5.91 Å². The molecule has 2 aromatic heterocycles. The van der Waals surface area contributed by atoms with Crippen molar-refractivity contribution in [1.82, 2.24) is 9.97 Å². The number of carbonyl (C=O) groups excluding carboxylic acids is 1. The van der Waals surface area contributed by atoms with Crippen LogP contribution in [-0.4, -0.2) is 43.7 Å². The van der Waals surface area contributed by atoms with Crippen molar-refractivity contribution in [2.45, 2.75) is 0 Å². The minimum Gasteiger partial charge on any atom is -0.493 e. The first kappa shape index (κ1) is 21.5. The molecular formula is C24H23N3O4S. The summed E-state index contributed by atoms with van der Waals surface area (Å²) in [7, 11) is 4.55. The average molecular weight is 450 g/mol. The first-order valence-electron chi connectivity index (χ1n) is 9.86. The predicted octanol–water partition coefficient (Wildman–Crippen LogP) is 5.15. The summed E-state index contributed by atoms with van der Waals surface area (Å²) >= 11 is 1.40. The number of aromatic nitrogens is 2. The molecule has 0 spiro atoms. The third kappa shape index (κ3) is 3.80. The molecule has 0 saturated carbocycles. The largest absolute Gasteiger partial charge is 0.493 e. The van der Waals surface area contributed by atoms with Gasteiger partial charge in [0.05, 0.1) is 27.0 Å². The number of hydrogen-bond donors (Lipinski definition) is 1. The number of fused-ring (bicyclic) bond motifs is 1. The van der Waals surface area contributed by atoms with Gasteiger partial charge < -0.3 is 19.2 Å². The van der Waals surface area contributed by atoms with E-state index in [1.54, 1.807) is 23.1 Å². The van der Waals surface area contributed by atoms with Crippen molar-refractivity contribution in [3.05, 3.63) is 66.2 Å². The molecule has 8 heteroatoms. The highest BCUT2D eigenvalue weighted by molar-refractivity contribution is 7.14. The number of benzene rings is 2. The van der Waals surface area contributed by atoms with Crippen molar-refractivity contribution >= 4 is 33.3 Å². The van der Waals surface area contributed by atoms with Crippen molar-refractivity contribution in [1.29, 1.82) is 0 Å². The Bertz CT molecular complexity index is 1250. The first-order chi connectivity index (χ1) is 15.6. The molecule has 4 rings (SSSR count). The van der Waals surface area contributed by atoms with Crippen molar-refractivity contribution in [3.63, 3.8) is 0 Å². The van der Waals surface area contributed by atoms with Gasteiger partial charge in [0.15, 0.2) is 16.6 Å². The third-order valence-electron chi connectivity index (χ3n) is 5.06. The van der Waals surface area contributed by atoms with Gasteiger partial charge in [0.1, 0.15) is 0 Å². The number of nitrogens with zero attached hydrogens (tertiary/aromatic N) is 2. The summed E-state index contributed by atoms with van der Waals surface area (Å²) in [5.74, 6) is 1.00. The Hall–Kier alpha value is -3.78. The topological polar surface area (TPSA) is 76.7 Å². The molecule has 0 aliphatic carbocycles. The van der Waals surface area contributed by atoms with Gasteiger partial charge in [-0.1, -0.05) is 24.3 Å². The zero-order valence-corrected chi connectivity index (χ0v) is 18.9. The van der Waals surface area contributed by atoms with E-state index in [2.05, 4.69) is 11.6 Å². The normalized spacial score (nSPS) is 10.7. The van der Waals surface area contributed by atoms with Crippen LogP contribution >= 0.6 is 11.3 Å². The number of methoxy groups -OCH3 is 3. The van der Waals surface area contributed by atoms with Crippen LogP contribution < -0.4 is 19.1 Å². The van der Waals surface area contributed by atoms with Crippen molar-refractivity contribution in [2.75, 3.05) is 32.8 Å². The number of anilines is 1. The minimum absolute atomic E-state index is 0.246. The second kappa shape index (κ2) is 9.15. The van der Waals surface area contributed by atoms with Crippen molar-refractivity contribution < 1.29 is 19.0 Å². The van der Waals surface area contributed by atoms with Gasteiger partial charge in [0, 0.05) is 40.2 Å². The smallest absolute Gasteiger partial charge is 0.260 e. The molecule has 2 heterocycles. The Morgan fingerprint density at radius 1 is 1.16 bits per heavy atom. The molecule has 0 bridgehead atoms. The molecule has 0 fully saturated rings. The van der Waals surface area contributed by atoms with Gasteiger partial charge >= 0.3 is 0 Å². The standard InChI is InChI=1S/C24H23N3O4S/c1-5-10-27(23(28)15-11-20(29-2)22(31-4)21(12-15)30-3)24-26-19(14-32-24)17-13-25-18-9-7-6-8-16(17)18/h5-9,11-14,25H,1,10H2,2-4H3. The van der Waals surface area contributed by atoms with Crippen LogP contribution in [-0.2, 0) is 0 Å². The highest BCUT2D eigenvalue weighted by atomic mass is 32.1. The lowest BCUT2D eigenvalue weighted by molar-refractivity contribution is 0.0989. The molecule has 0 aliphatic rings. The molecule has 32 heavy (non-hydrogen) atoms. The molecule has 7 nitrogen and oxygen atoms in total. The highest BCUT2D eigenvalue weighted by Gasteiger charge is 2.24. The number of rotatable bonds is 8. The van der Waals surface area contributed by atoms with Crippen LogP contribution in [0.3, 0.4) is 0 Å². The summed E-state index contributed by atoms with van der Waals surface area (Å²) in [6.07, 6.45) is 3.60. The van der Waals surface area contributed by atoms with Gasteiger partial charge in [-0.2, -0.15) is 0 Å². The van der Waals surface area contributed by atoms with Gasteiger partial charge in [0.2, 0.25) is 5.75 Å². The van der Waals surface area contributed by atoms with Crippen LogP contribution in [0.1, 0.15) is 10.4 Å². The van der Waals surface area contributed by atoms with Crippen molar-refractivity contribution in [2.24, 2.45) is 0 Å². The Kier molecular flexibility index (Phi) is 6.13. The molecule has 4 aromatic rings. The van der Waals surface area contributed by atoms with E-state index < -0.39 is 0 Å². The van der Waals surface area contributed by atoms with E-state index in [0.717, 1.165) is 22.2 Å². The summed E-state index contributed by atoms with van der Waals surface area (Å²) in [5, 5.41) is 3.60. The fourth-order valence-electron chi connectivity index (χ4n) is 3.53. The molecule has 0 saturated heterocycles. The Labute approximate surface area is 189 Å². The molecule has 0 atom stereocenters. The van der Waals surface area contributed by atoms with Gasteiger partial charge in [-0.3, -0.25) is 9.69 Å². The van der Waals surface area contributed by atoms with Crippen LogP contribution in [0.15, 0.2) is 60.6 Å². The summed E-state index contributed by atoms with van der Waals surface area (Å²) in [6.45, 7) is 4.11. The molecule has 0 unspecified atom stereocenters. The predicted molar refractivity (Wildman–Crippen MR) is 127 cm³/mol. The lowest BCUT2D eigenvalue weighted by Crippen LogP contribution is -2.31. The number of amides is 1. The maximum absolute atomic E-state index is 13.5. The molecule has 0 aliphatic heterocycles. The summed E-state index contributed by atoms with van der Waals surface area (Å²) in [5.41, 5.74) is 3.22. The van der Waals surface area contributed by atoms with Gasteiger partial charge in [-0.05, 0) is 18.2 Å². The lowest BCUT2D eigenvalue weighted by Gasteiger charge is -2.20. The second-order valence-electron chi connectivity index (χ2n) is 6.88. The maximum Gasteiger partial charge on any atom is 0.260 e. The number of para-hydroxylation sites is 1. The fraction of sp³-hybridized carbons (Fsp3) is 0.167. The zero-order chi connectivity index (χ0) is 22.7. The molecule has 164 valence electrons.